The van der Waals surface area contributed by atoms with Crippen molar-refractivity contribution in [2.45, 2.75) is 39.8 Å². The third-order valence-electron chi connectivity index (χ3n) is 4.28. The summed E-state index contributed by atoms with van der Waals surface area (Å²) >= 11 is 4.74. The molecule has 1 aromatic heterocycles. The van der Waals surface area contributed by atoms with Gasteiger partial charge >= 0.3 is 0 Å². The largest absolute Gasteiger partial charge is 0.365 e. The summed E-state index contributed by atoms with van der Waals surface area (Å²) in [6.07, 6.45) is 4.34. The maximum Gasteiger partial charge on any atom is 0.0215 e. The number of allylic oxidation sites excluding steroid dienone is 1. The smallest absolute Gasteiger partial charge is 0.0215 e. The highest BCUT2D eigenvalue weighted by molar-refractivity contribution is 8.02. The first-order valence-electron chi connectivity index (χ1n) is 6.28. The molecule has 94 valence electrons. The van der Waals surface area contributed by atoms with Crippen LogP contribution in [-0.2, 0) is 6.42 Å². The topological polar surface area (TPSA) is 15.8 Å². The third-order valence-corrected chi connectivity index (χ3v) is 10.5. The molecule has 0 saturated heterocycles. The van der Waals surface area contributed by atoms with Crippen molar-refractivity contribution in [2.75, 3.05) is 6.16 Å². The average molecular weight is 267 g/mol. The minimum atomic E-state index is -1.05. The lowest BCUT2D eigenvalue weighted by molar-refractivity contribution is 1.05. The molecule has 1 aromatic rings. The monoisotopic (exact) mass is 267 g/mol. The van der Waals surface area contributed by atoms with Crippen molar-refractivity contribution < 1.29 is 0 Å². The van der Waals surface area contributed by atoms with E-state index < -0.39 is 6.89 Å². The number of nitrogens with one attached hydrogen (secondary N) is 1. The van der Waals surface area contributed by atoms with E-state index in [4.69, 9.17) is 12.6 Å². The Hall–Kier alpha value is -0.330. The molecule has 0 fully saturated rings. The van der Waals surface area contributed by atoms with Gasteiger partial charge in [0.05, 0.1) is 0 Å². The van der Waals surface area contributed by atoms with Crippen LogP contribution in [0.3, 0.4) is 0 Å². The molecule has 0 aliphatic carbocycles. The second-order valence-electron chi connectivity index (χ2n) is 4.96. The van der Waals surface area contributed by atoms with E-state index in [0.717, 1.165) is 12.1 Å². The third kappa shape index (κ3) is 1.96. The number of thiol groups is 1. The highest BCUT2D eigenvalue weighted by atomic mass is 32.1. The van der Waals surface area contributed by atoms with E-state index in [1.807, 2.05) is 6.20 Å². The van der Waals surface area contributed by atoms with Crippen molar-refractivity contribution in [1.29, 1.82) is 0 Å². The van der Waals surface area contributed by atoms with E-state index in [0.29, 0.717) is 0 Å². The number of aromatic amines is 1. The Balaban J connectivity index is 2.30. The first kappa shape index (κ1) is 13.1. The second-order valence-corrected chi connectivity index (χ2v) is 9.84. The molecule has 2 atom stereocenters. The van der Waals surface area contributed by atoms with Crippen LogP contribution < -0.4 is 0 Å². The molecule has 1 aliphatic heterocycles. The first-order valence-corrected chi connectivity index (χ1v) is 8.84. The van der Waals surface area contributed by atoms with Crippen molar-refractivity contribution in [1.82, 2.24) is 4.98 Å². The lowest BCUT2D eigenvalue weighted by Crippen LogP contribution is -2.21. The molecule has 2 rings (SSSR count). The van der Waals surface area contributed by atoms with E-state index in [9.17, 15) is 0 Å². The van der Waals surface area contributed by atoms with Crippen LogP contribution in [0.25, 0.3) is 0 Å². The standard InChI is InChI=1S/C14H22NPS/c1-5-16(12(4)11(3)14(16)17)9-7-13-10(2)6-8-15-13/h6,8-9,12,15,17H,5,7H2,1-4H3. The Bertz CT molecular complexity index is 510. The minimum absolute atomic E-state index is 0.746. The molecule has 0 spiro atoms. The summed E-state index contributed by atoms with van der Waals surface area (Å²) < 4.78 is 1.40. The zero-order valence-corrected chi connectivity index (χ0v) is 12.9. The number of aromatic nitrogens is 1. The van der Waals surface area contributed by atoms with Crippen molar-refractivity contribution >= 4 is 25.3 Å². The van der Waals surface area contributed by atoms with Gasteiger partial charge in [0.25, 0.3) is 0 Å². The number of H-pyrrole nitrogens is 1. The van der Waals surface area contributed by atoms with Crippen LogP contribution >= 0.6 is 19.5 Å². The summed E-state index contributed by atoms with van der Waals surface area (Å²) in [6.45, 7) is 8.03. The Labute approximate surface area is 110 Å². The maximum atomic E-state index is 4.74. The molecule has 2 unspecified atom stereocenters. The molecule has 0 amide bonds. The van der Waals surface area contributed by atoms with Gasteiger partial charge in [-0.3, -0.25) is 0 Å². The normalized spacial score (nSPS) is 28.2. The number of aryl methyl sites for hydroxylation is 1. The molecular weight excluding hydrogens is 245 g/mol. The molecule has 1 aliphatic rings. The SMILES string of the molecule is CCP1(=CCc2[nH]ccc2C)C(S)=C(C)C1C. The predicted molar refractivity (Wildman–Crippen MR) is 83.9 cm³/mol. The van der Waals surface area contributed by atoms with Crippen LogP contribution in [0.4, 0.5) is 0 Å². The fourth-order valence-corrected chi connectivity index (χ4v) is 8.15. The fourth-order valence-electron chi connectivity index (χ4n) is 2.73. The molecule has 0 saturated carbocycles. The highest BCUT2D eigenvalue weighted by Crippen LogP contribution is 2.71. The summed E-state index contributed by atoms with van der Waals surface area (Å²) in [5, 5.41) is 0. The molecule has 0 bridgehead atoms. The lowest BCUT2D eigenvalue weighted by Gasteiger charge is -2.43. The van der Waals surface area contributed by atoms with Crippen LogP contribution in [0.5, 0.6) is 0 Å². The van der Waals surface area contributed by atoms with Crippen molar-refractivity contribution in [2.24, 2.45) is 0 Å². The van der Waals surface area contributed by atoms with Gasteiger partial charge in [-0.2, -0.15) is 0 Å². The van der Waals surface area contributed by atoms with Gasteiger partial charge in [-0.1, -0.05) is 32.1 Å². The van der Waals surface area contributed by atoms with Gasteiger partial charge in [0.1, 0.15) is 0 Å². The van der Waals surface area contributed by atoms with Crippen LogP contribution in [0.1, 0.15) is 32.0 Å². The zero-order valence-electron chi connectivity index (χ0n) is 11.1. The Morgan fingerprint density at radius 2 is 2.18 bits per heavy atom. The average Bonchev–Trinajstić information content (AvgIpc) is 2.75. The highest BCUT2D eigenvalue weighted by Gasteiger charge is 2.37. The number of hydrogen-bond donors (Lipinski definition) is 2. The van der Waals surface area contributed by atoms with Crippen molar-refractivity contribution in [3.63, 3.8) is 0 Å². The van der Waals surface area contributed by atoms with Crippen LogP contribution in [0.2, 0.25) is 0 Å². The van der Waals surface area contributed by atoms with E-state index in [1.54, 1.807) is 0 Å². The van der Waals surface area contributed by atoms with Crippen LogP contribution in [0.15, 0.2) is 22.5 Å². The maximum absolute atomic E-state index is 4.74. The molecule has 2 heterocycles. The molecular formula is C14H22NPS. The fraction of sp³-hybridized carbons (Fsp3) is 0.500. The summed E-state index contributed by atoms with van der Waals surface area (Å²) in [5.74, 6) is 2.56. The molecule has 0 aromatic carbocycles. The van der Waals surface area contributed by atoms with Gasteiger partial charge in [0.2, 0.25) is 0 Å². The summed E-state index contributed by atoms with van der Waals surface area (Å²) in [4.78, 5) is 3.34. The van der Waals surface area contributed by atoms with E-state index in [2.05, 4.69) is 44.5 Å². The first-order chi connectivity index (χ1) is 8.03. The predicted octanol–water partition coefficient (Wildman–Crippen LogP) is 4.27. The molecule has 17 heavy (non-hydrogen) atoms. The van der Waals surface area contributed by atoms with E-state index in [1.165, 1.54) is 27.6 Å². The molecule has 0 radical (unpaired) electrons. The van der Waals surface area contributed by atoms with Gasteiger partial charge in [0, 0.05) is 28.6 Å². The Kier molecular flexibility index (Phi) is 3.66. The van der Waals surface area contributed by atoms with Crippen molar-refractivity contribution in [3.05, 3.63) is 33.7 Å². The van der Waals surface area contributed by atoms with Gasteiger partial charge in [0.15, 0.2) is 0 Å². The minimum Gasteiger partial charge on any atom is -0.365 e. The zero-order chi connectivity index (χ0) is 12.6. The van der Waals surface area contributed by atoms with Gasteiger partial charge in [-0.25, -0.2) is 0 Å². The lowest BCUT2D eigenvalue weighted by atomic mass is 10.2. The van der Waals surface area contributed by atoms with Crippen LogP contribution in [-0.4, -0.2) is 22.6 Å². The summed E-state index contributed by atoms with van der Waals surface area (Å²) in [6, 6.07) is 2.15. The van der Waals surface area contributed by atoms with Gasteiger partial charge in [-0.05, 0) is 31.6 Å². The quantitative estimate of drug-likeness (QED) is 0.601. The summed E-state index contributed by atoms with van der Waals surface area (Å²) in [7, 11) is 0. The molecule has 3 heteroatoms. The number of rotatable bonds is 3. The van der Waals surface area contributed by atoms with Crippen LogP contribution in [0, 0.1) is 6.92 Å². The second kappa shape index (κ2) is 4.74. The molecule has 1 N–H and O–H groups in total. The molecule has 1 nitrogen and oxygen atoms in total. The summed E-state index contributed by atoms with van der Waals surface area (Å²) in [5.41, 5.74) is 4.97. The van der Waals surface area contributed by atoms with Gasteiger partial charge < -0.3 is 4.98 Å². The van der Waals surface area contributed by atoms with Gasteiger partial charge in [-0.15, -0.1) is 12.6 Å². The van der Waals surface area contributed by atoms with E-state index >= 15 is 0 Å². The number of hydrogen-bond acceptors (Lipinski definition) is 1. The van der Waals surface area contributed by atoms with E-state index in [-0.39, 0.29) is 0 Å². The van der Waals surface area contributed by atoms with Crippen molar-refractivity contribution in [3.8, 4) is 0 Å². The Morgan fingerprint density at radius 1 is 1.47 bits per heavy atom. The Morgan fingerprint density at radius 3 is 2.65 bits per heavy atom.